The van der Waals surface area contributed by atoms with Gasteiger partial charge in [0.25, 0.3) is 0 Å². The van der Waals surface area contributed by atoms with Gasteiger partial charge in [0.2, 0.25) is 0 Å². The molecule has 0 heterocycles. The predicted molar refractivity (Wildman–Crippen MR) is 78.2 cm³/mol. The van der Waals surface area contributed by atoms with Crippen LogP contribution < -0.4 is 10.1 Å². The van der Waals surface area contributed by atoms with Gasteiger partial charge in [0.05, 0.1) is 6.61 Å². The number of hydrogen-bond donors (Lipinski definition) is 1. The summed E-state index contributed by atoms with van der Waals surface area (Å²) in [4.78, 5) is 0. The van der Waals surface area contributed by atoms with Crippen molar-refractivity contribution in [3.05, 3.63) is 29.8 Å². The Balaban J connectivity index is 2.42. The summed E-state index contributed by atoms with van der Waals surface area (Å²) >= 11 is 0. The maximum Gasteiger partial charge on any atom is 0.119 e. The molecule has 1 aromatic rings. The highest BCUT2D eigenvalue weighted by Crippen LogP contribution is 2.15. The molecular weight excluding hydrogens is 222 g/mol. The van der Waals surface area contributed by atoms with E-state index in [2.05, 4.69) is 57.3 Å². The lowest BCUT2D eigenvalue weighted by Crippen LogP contribution is -2.27. The quantitative estimate of drug-likeness (QED) is 0.759. The first-order chi connectivity index (χ1) is 8.65. The first-order valence-corrected chi connectivity index (χ1v) is 7.10. The molecule has 2 unspecified atom stereocenters. The van der Waals surface area contributed by atoms with E-state index in [-0.39, 0.29) is 0 Å². The molecule has 0 aliphatic carbocycles. The molecule has 2 nitrogen and oxygen atoms in total. The molecule has 0 amide bonds. The van der Waals surface area contributed by atoms with Gasteiger partial charge in [0.1, 0.15) is 5.75 Å². The molecule has 0 saturated carbocycles. The Labute approximate surface area is 112 Å². The van der Waals surface area contributed by atoms with Crippen molar-refractivity contribution in [3.63, 3.8) is 0 Å². The maximum atomic E-state index is 5.75. The normalized spacial score (nSPS) is 14.2. The Kier molecular flexibility index (Phi) is 6.81. The van der Waals surface area contributed by atoms with E-state index in [1.807, 2.05) is 0 Å². The van der Waals surface area contributed by atoms with Gasteiger partial charge in [0, 0.05) is 6.04 Å². The fourth-order valence-electron chi connectivity index (χ4n) is 1.85. The van der Waals surface area contributed by atoms with E-state index in [4.69, 9.17) is 4.74 Å². The lowest BCUT2D eigenvalue weighted by Gasteiger charge is -2.13. The van der Waals surface area contributed by atoms with Gasteiger partial charge in [-0.25, -0.2) is 0 Å². The highest BCUT2D eigenvalue weighted by atomic mass is 16.5. The van der Waals surface area contributed by atoms with E-state index in [1.54, 1.807) is 0 Å². The topological polar surface area (TPSA) is 21.3 Å². The van der Waals surface area contributed by atoms with Gasteiger partial charge in [-0.3, -0.25) is 0 Å². The number of benzene rings is 1. The van der Waals surface area contributed by atoms with Crippen LogP contribution in [0.5, 0.6) is 5.75 Å². The van der Waals surface area contributed by atoms with Crippen LogP contribution in [0.25, 0.3) is 0 Å². The minimum Gasteiger partial charge on any atom is -0.493 e. The molecule has 18 heavy (non-hydrogen) atoms. The Morgan fingerprint density at radius 2 is 1.78 bits per heavy atom. The largest absolute Gasteiger partial charge is 0.493 e. The molecule has 1 aromatic carbocycles. The zero-order valence-corrected chi connectivity index (χ0v) is 12.2. The van der Waals surface area contributed by atoms with Gasteiger partial charge < -0.3 is 10.1 Å². The zero-order chi connectivity index (χ0) is 13.4. The fourth-order valence-corrected chi connectivity index (χ4v) is 1.85. The predicted octanol–water partition coefficient (Wildman–Crippen LogP) is 3.65. The van der Waals surface area contributed by atoms with E-state index in [9.17, 15) is 0 Å². The number of ether oxygens (including phenoxy) is 1. The van der Waals surface area contributed by atoms with Crippen molar-refractivity contribution in [2.45, 2.75) is 46.6 Å². The summed E-state index contributed by atoms with van der Waals surface area (Å²) in [6, 6.07) is 9.02. The van der Waals surface area contributed by atoms with Crippen molar-refractivity contribution in [1.82, 2.24) is 5.32 Å². The number of likely N-dealkylation sites (N-methyl/N-ethyl adjacent to an activating group) is 1. The second-order valence-electron chi connectivity index (χ2n) is 5.13. The van der Waals surface area contributed by atoms with Crippen LogP contribution >= 0.6 is 0 Å². The second-order valence-corrected chi connectivity index (χ2v) is 5.13. The van der Waals surface area contributed by atoms with Crippen LogP contribution in [-0.4, -0.2) is 19.2 Å². The molecular formula is C16H27NO. The standard InChI is InChI=1S/C16H27NO/c1-5-13(3)12-18-16-9-7-15(8-10-16)11-14(4)17-6-2/h7-10,13-14,17H,5-6,11-12H2,1-4H3. The third kappa shape index (κ3) is 5.54. The summed E-state index contributed by atoms with van der Waals surface area (Å²) in [5.74, 6) is 1.61. The first-order valence-electron chi connectivity index (χ1n) is 7.10. The van der Waals surface area contributed by atoms with Crippen LogP contribution in [0.1, 0.15) is 39.7 Å². The minimum absolute atomic E-state index is 0.530. The summed E-state index contributed by atoms with van der Waals surface area (Å²) in [6.07, 6.45) is 2.23. The van der Waals surface area contributed by atoms with Gasteiger partial charge in [-0.05, 0) is 43.5 Å². The molecule has 1 rings (SSSR count). The van der Waals surface area contributed by atoms with Crippen LogP contribution in [0.2, 0.25) is 0 Å². The average molecular weight is 249 g/mol. The average Bonchev–Trinajstić information content (AvgIpc) is 2.37. The minimum atomic E-state index is 0.530. The molecule has 2 heteroatoms. The summed E-state index contributed by atoms with van der Waals surface area (Å²) in [5.41, 5.74) is 1.36. The van der Waals surface area contributed by atoms with Crippen molar-refractivity contribution < 1.29 is 4.74 Å². The Hall–Kier alpha value is -1.02. The molecule has 0 saturated heterocycles. The van der Waals surface area contributed by atoms with Crippen LogP contribution in [0.3, 0.4) is 0 Å². The van der Waals surface area contributed by atoms with Gasteiger partial charge in [-0.1, -0.05) is 39.3 Å². The third-order valence-corrected chi connectivity index (χ3v) is 3.25. The second kappa shape index (κ2) is 8.15. The van der Waals surface area contributed by atoms with E-state index in [0.717, 1.165) is 31.7 Å². The Bertz CT molecular complexity index is 320. The Morgan fingerprint density at radius 3 is 2.33 bits per heavy atom. The summed E-state index contributed by atoms with van der Waals surface area (Å²) in [6.45, 7) is 10.6. The van der Waals surface area contributed by atoms with Gasteiger partial charge in [-0.15, -0.1) is 0 Å². The number of hydrogen-bond acceptors (Lipinski definition) is 2. The molecule has 102 valence electrons. The van der Waals surface area contributed by atoms with Crippen LogP contribution in [0.15, 0.2) is 24.3 Å². The Morgan fingerprint density at radius 1 is 1.11 bits per heavy atom. The summed E-state index contributed by atoms with van der Waals surface area (Å²) in [5, 5.41) is 3.43. The third-order valence-electron chi connectivity index (χ3n) is 3.25. The van der Waals surface area contributed by atoms with Crippen LogP contribution in [-0.2, 0) is 6.42 Å². The SMILES string of the molecule is CCNC(C)Cc1ccc(OCC(C)CC)cc1. The first kappa shape index (κ1) is 15.0. The smallest absolute Gasteiger partial charge is 0.119 e. The maximum absolute atomic E-state index is 5.75. The van der Waals surface area contributed by atoms with E-state index in [0.29, 0.717) is 12.0 Å². The van der Waals surface area contributed by atoms with Crippen molar-refractivity contribution in [2.24, 2.45) is 5.92 Å². The van der Waals surface area contributed by atoms with Crippen LogP contribution in [0, 0.1) is 5.92 Å². The van der Waals surface area contributed by atoms with Crippen molar-refractivity contribution >= 4 is 0 Å². The monoisotopic (exact) mass is 249 g/mol. The molecule has 0 spiro atoms. The van der Waals surface area contributed by atoms with E-state index >= 15 is 0 Å². The highest BCUT2D eigenvalue weighted by Gasteiger charge is 2.03. The number of rotatable bonds is 8. The molecule has 1 N–H and O–H groups in total. The summed E-state index contributed by atoms with van der Waals surface area (Å²) in [7, 11) is 0. The van der Waals surface area contributed by atoms with E-state index < -0.39 is 0 Å². The van der Waals surface area contributed by atoms with Crippen molar-refractivity contribution in [2.75, 3.05) is 13.2 Å². The molecule has 0 radical (unpaired) electrons. The highest BCUT2D eigenvalue weighted by molar-refractivity contribution is 5.27. The lowest BCUT2D eigenvalue weighted by atomic mass is 10.1. The van der Waals surface area contributed by atoms with Crippen molar-refractivity contribution in [3.8, 4) is 5.75 Å². The molecule has 2 atom stereocenters. The van der Waals surface area contributed by atoms with Crippen molar-refractivity contribution in [1.29, 1.82) is 0 Å². The van der Waals surface area contributed by atoms with Crippen LogP contribution in [0.4, 0.5) is 0 Å². The molecule has 0 aliphatic heterocycles. The number of nitrogens with one attached hydrogen (secondary N) is 1. The van der Waals surface area contributed by atoms with Gasteiger partial charge >= 0.3 is 0 Å². The van der Waals surface area contributed by atoms with Gasteiger partial charge in [0.15, 0.2) is 0 Å². The molecule has 0 aromatic heterocycles. The zero-order valence-electron chi connectivity index (χ0n) is 12.2. The summed E-state index contributed by atoms with van der Waals surface area (Å²) < 4.78 is 5.75. The molecule has 0 aliphatic rings. The van der Waals surface area contributed by atoms with E-state index in [1.165, 1.54) is 5.56 Å². The fraction of sp³-hybridized carbons (Fsp3) is 0.625. The molecule has 0 fully saturated rings. The lowest BCUT2D eigenvalue weighted by molar-refractivity contribution is 0.256. The van der Waals surface area contributed by atoms with Gasteiger partial charge in [-0.2, -0.15) is 0 Å². The molecule has 0 bridgehead atoms.